The number of nitriles is 1. The molecule has 0 atom stereocenters. The fourth-order valence-corrected chi connectivity index (χ4v) is 3.35. The lowest BCUT2D eigenvalue weighted by Crippen LogP contribution is -2.30. The van der Waals surface area contributed by atoms with Crippen LogP contribution in [-0.4, -0.2) is 24.8 Å². The first kappa shape index (κ1) is 19.5. The van der Waals surface area contributed by atoms with E-state index in [0.717, 1.165) is 16.9 Å². The number of hydrogen-bond acceptors (Lipinski definition) is 4. The van der Waals surface area contributed by atoms with Gasteiger partial charge in [0.25, 0.3) is 5.91 Å². The fraction of sp³-hybridized carbons (Fsp3) is 0.130. The normalized spacial score (nSPS) is 10.1. The van der Waals surface area contributed by atoms with Gasteiger partial charge in [-0.2, -0.15) is 5.26 Å². The van der Waals surface area contributed by atoms with Crippen molar-refractivity contribution in [2.75, 3.05) is 18.9 Å². The van der Waals surface area contributed by atoms with Crippen LogP contribution in [0.2, 0.25) is 0 Å². The summed E-state index contributed by atoms with van der Waals surface area (Å²) >= 11 is 1.71. The van der Waals surface area contributed by atoms with Crippen LogP contribution in [0, 0.1) is 11.3 Å². The Morgan fingerprint density at radius 2 is 1.57 bits per heavy atom. The number of ether oxygens (including phenoxy) is 1. The van der Waals surface area contributed by atoms with E-state index in [9.17, 15) is 4.79 Å². The highest BCUT2D eigenvalue weighted by Gasteiger charge is 2.04. The van der Waals surface area contributed by atoms with Gasteiger partial charge in [0.1, 0.15) is 5.75 Å². The summed E-state index contributed by atoms with van der Waals surface area (Å²) < 4.78 is 5.55. The molecule has 0 aliphatic carbocycles. The highest BCUT2D eigenvalue weighted by atomic mass is 32.2. The van der Waals surface area contributed by atoms with E-state index in [2.05, 4.69) is 23.5 Å². The van der Waals surface area contributed by atoms with Crippen molar-refractivity contribution in [1.82, 2.24) is 5.32 Å². The lowest BCUT2D eigenvalue weighted by Gasteiger charge is -2.08. The number of rotatable bonds is 8. The minimum Gasteiger partial charge on any atom is -0.484 e. The summed E-state index contributed by atoms with van der Waals surface area (Å²) in [5.74, 6) is 1.32. The molecule has 0 saturated heterocycles. The molecule has 0 aliphatic heterocycles. The van der Waals surface area contributed by atoms with Gasteiger partial charge in [0.2, 0.25) is 0 Å². The van der Waals surface area contributed by atoms with Crippen LogP contribution >= 0.6 is 11.8 Å². The van der Waals surface area contributed by atoms with Gasteiger partial charge in [-0.15, -0.1) is 11.8 Å². The van der Waals surface area contributed by atoms with E-state index < -0.39 is 0 Å². The van der Waals surface area contributed by atoms with Crippen LogP contribution in [-0.2, 0) is 4.79 Å². The molecule has 1 amide bonds. The van der Waals surface area contributed by atoms with Crippen LogP contribution in [0.4, 0.5) is 0 Å². The van der Waals surface area contributed by atoms with Crippen molar-refractivity contribution < 1.29 is 9.53 Å². The minimum atomic E-state index is -0.134. The van der Waals surface area contributed by atoms with Gasteiger partial charge < -0.3 is 10.1 Å². The molecule has 3 aromatic carbocycles. The Bertz CT molecular complexity index is 933. The van der Waals surface area contributed by atoms with E-state index in [0.29, 0.717) is 17.9 Å². The van der Waals surface area contributed by atoms with Gasteiger partial charge in [0.15, 0.2) is 6.61 Å². The molecule has 5 heteroatoms. The van der Waals surface area contributed by atoms with Crippen LogP contribution in [0.5, 0.6) is 5.75 Å². The third kappa shape index (κ3) is 5.90. The third-order valence-corrected chi connectivity index (χ3v) is 5.02. The number of nitrogens with one attached hydrogen (secondary N) is 1. The van der Waals surface area contributed by atoms with E-state index in [1.165, 1.54) is 4.90 Å². The number of benzene rings is 3. The van der Waals surface area contributed by atoms with Crippen LogP contribution in [0.3, 0.4) is 0 Å². The molecular weight excluding hydrogens is 368 g/mol. The van der Waals surface area contributed by atoms with Gasteiger partial charge in [0, 0.05) is 17.2 Å². The molecule has 140 valence electrons. The lowest BCUT2D eigenvalue weighted by atomic mass is 10.0. The molecule has 0 unspecified atom stereocenters. The Morgan fingerprint density at radius 1 is 0.929 bits per heavy atom. The number of thioether (sulfide) groups is 1. The predicted molar refractivity (Wildman–Crippen MR) is 112 cm³/mol. The summed E-state index contributed by atoms with van der Waals surface area (Å²) in [6, 6.07) is 27.2. The molecule has 0 bridgehead atoms. The maximum absolute atomic E-state index is 11.9. The molecule has 0 spiro atoms. The van der Waals surface area contributed by atoms with Gasteiger partial charge in [-0.3, -0.25) is 4.79 Å². The number of amides is 1. The first-order valence-electron chi connectivity index (χ1n) is 8.92. The molecule has 0 saturated carbocycles. The number of carbonyl (C=O) groups is 1. The van der Waals surface area contributed by atoms with Gasteiger partial charge >= 0.3 is 0 Å². The Balaban J connectivity index is 1.40. The highest BCUT2D eigenvalue weighted by molar-refractivity contribution is 7.99. The Kier molecular flexibility index (Phi) is 7.11. The average molecular weight is 388 g/mol. The monoisotopic (exact) mass is 388 g/mol. The molecule has 3 rings (SSSR count). The maximum Gasteiger partial charge on any atom is 0.257 e. The first-order valence-corrected chi connectivity index (χ1v) is 9.91. The summed E-state index contributed by atoms with van der Waals surface area (Å²) in [7, 11) is 0. The molecule has 0 heterocycles. The summed E-state index contributed by atoms with van der Waals surface area (Å²) in [6.07, 6.45) is 0. The zero-order valence-electron chi connectivity index (χ0n) is 15.3. The average Bonchev–Trinajstić information content (AvgIpc) is 2.76. The van der Waals surface area contributed by atoms with Crippen molar-refractivity contribution in [2.24, 2.45) is 0 Å². The second-order valence-corrected chi connectivity index (χ2v) is 7.18. The SMILES string of the molecule is N#Cc1ccc(-c2ccc(OCC(=O)NCCSc3ccccc3)cc2)cc1. The Labute approximate surface area is 169 Å². The van der Waals surface area contributed by atoms with Crippen LogP contribution in [0.25, 0.3) is 11.1 Å². The molecule has 4 nitrogen and oxygen atoms in total. The second-order valence-electron chi connectivity index (χ2n) is 6.01. The van der Waals surface area contributed by atoms with Gasteiger partial charge in [-0.25, -0.2) is 0 Å². The maximum atomic E-state index is 11.9. The quantitative estimate of drug-likeness (QED) is 0.455. The summed E-state index contributed by atoms with van der Waals surface area (Å²) in [5, 5.41) is 11.7. The van der Waals surface area contributed by atoms with E-state index in [1.807, 2.05) is 54.6 Å². The highest BCUT2D eigenvalue weighted by Crippen LogP contribution is 2.22. The number of carbonyl (C=O) groups excluding carboxylic acids is 1. The first-order chi connectivity index (χ1) is 13.7. The molecule has 28 heavy (non-hydrogen) atoms. The van der Waals surface area contributed by atoms with Crippen LogP contribution in [0.1, 0.15) is 5.56 Å². The van der Waals surface area contributed by atoms with E-state index in [1.54, 1.807) is 23.9 Å². The summed E-state index contributed by atoms with van der Waals surface area (Å²) in [4.78, 5) is 13.1. The van der Waals surface area contributed by atoms with Crippen LogP contribution in [0.15, 0.2) is 83.8 Å². The molecule has 0 aliphatic rings. The number of nitrogens with zero attached hydrogens (tertiary/aromatic N) is 1. The lowest BCUT2D eigenvalue weighted by molar-refractivity contribution is -0.122. The van der Waals surface area contributed by atoms with Crippen molar-refractivity contribution in [3.05, 3.63) is 84.4 Å². The fourth-order valence-electron chi connectivity index (χ4n) is 2.56. The van der Waals surface area contributed by atoms with Crippen molar-refractivity contribution in [2.45, 2.75) is 4.90 Å². The van der Waals surface area contributed by atoms with Gasteiger partial charge in [0.05, 0.1) is 11.6 Å². The molecule has 3 aromatic rings. The molecule has 0 fully saturated rings. The smallest absolute Gasteiger partial charge is 0.257 e. The molecule has 0 radical (unpaired) electrons. The summed E-state index contributed by atoms with van der Waals surface area (Å²) in [6.45, 7) is 0.589. The van der Waals surface area contributed by atoms with Crippen molar-refractivity contribution in [3.63, 3.8) is 0 Å². The predicted octanol–water partition coefficient (Wildman–Crippen LogP) is 4.51. The topological polar surface area (TPSA) is 62.1 Å². The molecule has 1 N–H and O–H groups in total. The summed E-state index contributed by atoms with van der Waals surface area (Å²) in [5.41, 5.74) is 2.69. The van der Waals surface area contributed by atoms with Gasteiger partial charge in [-0.1, -0.05) is 42.5 Å². The van der Waals surface area contributed by atoms with E-state index >= 15 is 0 Å². The van der Waals surface area contributed by atoms with E-state index in [4.69, 9.17) is 10.00 Å². The van der Waals surface area contributed by atoms with Crippen molar-refractivity contribution >= 4 is 17.7 Å². The molecule has 0 aromatic heterocycles. The molecular formula is C23H20N2O2S. The van der Waals surface area contributed by atoms with Crippen LogP contribution < -0.4 is 10.1 Å². The van der Waals surface area contributed by atoms with Crippen molar-refractivity contribution in [3.8, 4) is 22.9 Å². The van der Waals surface area contributed by atoms with Gasteiger partial charge in [-0.05, 0) is 47.5 Å². The zero-order chi connectivity index (χ0) is 19.6. The number of hydrogen-bond donors (Lipinski definition) is 1. The third-order valence-electron chi connectivity index (χ3n) is 4.01. The Morgan fingerprint density at radius 3 is 2.21 bits per heavy atom. The Hall–Kier alpha value is -3.23. The minimum absolute atomic E-state index is 0.00772. The standard InChI is InChI=1S/C23H20N2O2S/c24-16-18-6-8-19(9-7-18)20-10-12-21(13-11-20)27-17-23(26)25-14-15-28-22-4-2-1-3-5-22/h1-13H,14-15,17H2,(H,25,26). The van der Waals surface area contributed by atoms with E-state index in [-0.39, 0.29) is 12.5 Å². The second kappa shape index (κ2) is 10.2. The largest absolute Gasteiger partial charge is 0.484 e. The van der Waals surface area contributed by atoms with Crippen molar-refractivity contribution in [1.29, 1.82) is 5.26 Å². The zero-order valence-corrected chi connectivity index (χ0v) is 16.1.